The number of hydrogen-bond donors (Lipinski definition) is 1. The smallest absolute Gasteiger partial charge is 0.114 e. The van der Waals surface area contributed by atoms with Gasteiger partial charge in [-0.1, -0.05) is 52.0 Å². The van der Waals surface area contributed by atoms with Crippen LogP contribution in [0.5, 0.6) is 0 Å². The number of hydrogen-bond acceptors (Lipinski definition) is 3. The van der Waals surface area contributed by atoms with Crippen molar-refractivity contribution >= 4 is 11.3 Å². The fourth-order valence-electron chi connectivity index (χ4n) is 2.18. The Morgan fingerprint density at radius 3 is 2.25 bits per heavy atom. The Labute approximate surface area is 126 Å². The van der Waals surface area contributed by atoms with Crippen molar-refractivity contribution in [1.82, 2.24) is 4.98 Å². The lowest BCUT2D eigenvalue weighted by Gasteiger charge is -2.11. The minimum Gasteiger partial charge on any atom is -0.318 e. The highest BCUT2D eigenvalue weighted by molar-refractivity contribution is 7.09. The molecule has 2 aromatic rings. The third-order valence-corrected chi connectivity index (χ3v) is 4.33. The second kappa shape index (κ2) is 6.51. The van der Waals surface area contributed by atoms with Crippen molar-refractivity contribution in [2.75, 3.05) is 0 Å². The van der Waals surface area contributed by atoms with Gasteiger partial charge in [0.05, 0.1) is 11.7 Å². The molecule has 2 nitrogen and oxygen atoms in total. The zero-order chi connectivity index (χ0) is 14.7. The summed E-state index contributed by atoms with van der Waals surface area (Å²) in [4.78, 5) is 4.65. The van der Waals surface area contributed by atoms with Crippen molar-refractivity contribution in [3.05, 3.63) is 51.5 Å². The lowest BCUT2D eigenvalue weighted by Crippen LogP contribution is -2.12. The van der Waals surface area contributed by atoms with E-state index in [9.17, 15) is 0 Å². The largest absolute Gasteiger partial charge is 0.318 e. The van der Waals surface area contributed by atoms with Gasteiger partial charge in [-0.25, -0.2) is 4.98 Å². The summed E-state index contributed by atoms with van der Waals surface area (Å²) < 4.78 is 0. The molecule has 1 heterocycles. The molecule has 0 spiro atoms. The lowest BCUT2D eigenvalue weighted by molar-refractivity contribution is 0.647. The van der Waals surface area contributed by atoms with E-state index in [2.05, 4.69) is 62.3 Å². The third-order valence-electron chi connectivity index (χ3n) is 3.38. The highest BCUT2D eigenvalue weighted by Gasteiger charge is 2.14. The molecule has 0 bridgehead atoms. The summed E-state index contributed by atoms with van der Waals surface area (Å²) in [5.41, 5.74) is 9.98. The van der Waals surface area contributed by atoms with E-state index in [1.807, 2.05) is 0 Å². The summed E-state index contributed by atoms with van der Waals surface area (Å²) in [6, 6.07) is 8.54. The van der Waals surface area contributed by atoms with Gasteiger partial charge in [0.25, 0.3) is 0 Å². The monoisotopic (exact) mass is 288 g/mol. The van der Waals surface area contributed by atoms with Crippen molar-refractivity contribution in [2.24, 2.45) is 11.7 Å². The van der Waals surface area contributed by atoms with Gasteiger partial charge >= 0.3 is 0 Å². The number of benzene rings is 1. The van der Waals surface area contributed by atoms with Crippen LogP contribution in [0.25, 0.3) is 0 Å². The first-order valence-corrected chi connectivity index (χ1v) is 8.15. The van der Waals surface area contributed by atoms with Crippen molar-refractivity contribution < 1.29 is 0 Å². The van der Waals surface area contributed by atoms with Gasteiger partial charge in [-0.3, -0.25) is 0 Å². The molecule has 0 fully saturated rings. The molecule has 0 aliphatic rings. The maximum absolute atomic E-state index is 6.33. The maximum Gasteiger partial charge on any atom is 0.114 e. The summed E-state index contributed by atoms with van der Waals surface area (Å²) in [5, 5.41) is 3.12. The van der Waals surface area contributed by atoms with E-state index >= 15 is 0 Å². The van der Waals surface area contributed by atoms with Crippen LogP contribution in [0.3, 0.4) is 0 Å². The molecule has 0 radical (unpaired) electrons. The molecule has 0 saturated carbocycles. The van der Waals surface area contributed by atoms with Crippen LogP contribution < -0.4 is 5.73 Å². The van der Waals surface area contributed by atoms with Crippen LogP contribution in [0.4, 0.5) is 0 Å². The second-order valence-corrected chi connectivity index (χ2v) is 6.97. The molecule has 1 unspecified atom stereocenters. The van der Waals surface area contributed by atoms with Crippen molar-refractivity contribution in [3.63, 3.8) is 0 Å². The molecule has 3 heteroatoms. The van der Waals surface area contributed by atoms with Crippen LogP contribution in [0.15, 0.2) is 29.6 Å². The van der Waals surface area contributed by atoms with E-state index in [4.69, 9.17) is 5.73 Å². The van der Waals surface area contributed by atoms with E-state index in [0.29, 0.717) is 11.8 Å². The molecule has 1 aromatic heterocycles. The van der Waals surface area contributed by atoms with Gasteiger partial charge in [0.1, 0.15) is 5.01 Å². The van der Waals surface area contributed by atoms with Gasteiger partial charge in [-0.05, 0) is 29.4 Å². The molecule has 1 atom stereocenters. The molecule has 0 amide bonds. The fraction of sp³-hybridized carbons (Fsp3) is 0.471. The Kier molecular flexibility index (Phi) is 4.95. The summed E-state index contributed by atoms with van der Waals surface area (Å²) in [5.74, 6) is 1.14. The average molecular weight is 288 g/mol. The number of rotatable bonds is 5. The quantitative estimate of drug-likeness (QED) is 0.879. The van der Waals surface area contributed by atoms with Gasteiger partial charge in [0, 0.05) is 5.38 Å². The van der Waals surface area contributed by atoms with Gasteiger partial charge in [0.2, 0.25) is 0 Å². The van der Waals surface area contributed by atoms with Crippen molar-refractivity contribution in [3.8, 4) is 0 Å². The fourth-order valence-corrected chi connectivity index (χ4v) is 3.19. The van der Waals surface area contributed by atoms with Crippen LogP contribution in [-0.2, 0) is 6.42 Å². The first kappa shape index (κ1) is 15.2. The highest BCUT2D eigenvalue weighted by Crippen LogP contribution is 2.26. The average Bonchev–Trinajstić information content (AvgIpc) is 2.88. The Bertz CT molecular complexity index is 540. The van der Waals surface area contributed by atoms with E-state index in [0.717, 1.165) is 22.7 Å². The van der Waals surface area contributed by atoms with E-state index in [1.54, 1.807) is 11.3 Å². The van der Waals surface area contributed by atoms with Crippen molar-refractivity contribution in [1.29, 1.82) is 0 Å². The van der Waals surface area contributed by atoms with E-state index < -0.39 is 0 Å². The molecule has 2 rings (SSSR count). The van der Waals surface area contributed by atoms with Crippen LogP contribution in [0.1, 0.15) is 61.5 Å². The first-order valence-electron chi connectivity index (χ1n) is 7.27. The molecule has 0 saturated heterocycles. The predicted molar refractivity (Wildman–Crippen MR) is 87.2 cm³/mol. The second-order valence-electron chi connectivity index (χ2n) is 6.08. The molecular formula is C17H24N2S. The molecule has 2 N–H and O–H groups in total. The minimum atomic E-state index is -0.111. The summed E-state index contributed by atoms with van der Waals surface area (Å²) in [7, 11) is 0. The van der Waals surface area contributed by atoms with E-state index in [1.165, 1.54) is 5.56 Å². The topological polar surface area (TPSA) is 38.9 Å². The first-order chi connectivity index (χ1) is 9.47. The molecule has 20 heavy (non-hydrogen) atoms. The number of thiazole rings is 1. The van der Waals surface area contributed by atoms with Crippen LogP contribution in [0, 0.1) is 5.92 Å². The summed E-state index contributed by atoms with van der Waals surface area (Å²) >= 11 is 1.66. The Hall–Kier alpha value is -1.19. The van der Waals surface area contributed by atoms with Crippen LogP contribution >= 0.6 is 11.3 Å². The normalized spacial score (nSPS) is 13.2. The zero-order valence-corrected chi connectivity index (χ0v) is 13.6. The Morgan fingerprint density at radius 2 is 1.75 bits per heavy atom. The standard InChI is InChI=1S/C17H24N2S/c1-11(2)9-13-5-7-14(8-6-13)16(18)17-19-15(10-20-17)12(3)4/h5-8,10-12,16H,9,18H2,1-4H3. The molecular weight excluding hydrogens is 264 g/mol. The molecule has 108 valence electrons. The third kappa shape index (κ3) is 3.68. The molecule has 0 aliphatic carbocycles. The number of aromatic nitrogens is 1. The summed E-state index contributed by atoms with van der Waals surface area (Å²) in [6.45, 7) is 8.79. The Morgan fingerprint density at radius 1 is 1.10 bits per heavy atom. The predicted octanol–water partition coefficient (Wildman–Crippen LogP) is 4.51. The van der Waals surface area contributed by atoms with Crippen molar-refractivity contribution in [2.45, 2.75) is 46.1 Å². The Balaban J connectivity index is 2.13. The van der Waals surface area contributed by atoms with E-state index in [-0.39, 0.29) is 6.04 Å². The zero-order valence-electron chi connectivity index (χ0n) is 12.8. The minimum absolute atomic E-state index is 0.111. The lowest BCUT2D eigenvalue weighted by atomic mass is 10.00. The van der Waals surface area contributed by atoms with Crippen LogP contribution in [-0.4, -0.2) is 4.98 Å². The SMILES string of the molecule is CC(C)Cc1ccc(C(N)c2nc(C(C)C)cs2)cc1. The number of nitrogens with zero attached hydrogens (tertiary/aromatic N) is 1. The molecule has 1 aromatic carbocycles. The molecule has 0 aliphatic heterocycles. The van der Waals surface area contributed by atoms with Gasteiger partial charge < -0.3 is 5.73 Å². The van der Waals surface area contributed by atoms with Crippen LogP contribution in [0.2, 0.25) is 0 Å². The highest BCUT2D eigenvalue weighted by atomic mass is 32.1. The van der Waals surface area contributed by atoms with Gasteiger partial charge in [0.15, 0.2) is 0 Å². The maximum atomic E-state index is 6.33. The van der Waals surface area contributed by atoms with Gasteiger partial charge in [-0.15, -0.1) is 11.3 Å². The number of nitrogens with two attached hydrogens (primary N) is 1. The summed E-state index contributed by atoms with van der Waals surface area (Å²) in [6.07, 6.45) is 1.12. The van der Waals surface area contributed by atoms with Gasteiger partial charge in [-0.2, -0.15) is 0 Å².